The standard InChI is InChI=1S/C48H75F2N5O18S/c1-38(47(58)55-48(51)52)35-40-36-43(49)46(44(50)37-40)73-41-3-5-42(6-4-41)74(59,60)54-10-14-64-18-22-67-21-17-63-13-9-53-45(57)8-12-62-16-20-66-24-26-69-28-30-71-32-34-72-33-31-70-29-27-68-25-23-65-19-15-61-11-7-39(2)56/h3-6,35-37,54H,7-34H2,1-2H3,(H,53,57)(H4,51,52,55,58)/b38-35+. The van der Waals surface area contributed by atoms with Crippen LogP contribution in [0.1, 0.15) is 32.3 Å². The van der Waals surface area contributed by atoms with Gasteiger partial charge in [-0.1, -0.05) is 0 Å². The minimum absolute atomic E-state index is 0.0206. The summed E-state index contributed by atoms with van der Waals surface area (Å²) < 4.78 is 128. The van der Waals surface area contributed by atoms with Crippen LogP contribution >= 0.6 is 0 Å². The Morgan fingerprint density at radius 2 is 0.905 bits per heavy atom. The van der Waals surface area contributed by atoms with Gasteiger partial charge in [0.25, 0.3) is 5.91 Å². The van der Waals surface area contributed by atoms with E-state index in [2.05, 4.69) is 15.0 Å². The summed E-state index contributed by atoms with van der Waals surface area (Å²) in [6.45, 7) is 12.3. The van der Waals surface area contributed by atoms with Crippen molar-refractivity contribution >= 4 is 39.7 Å². The molecule has 0 saturated carbocycles. The molecule has 2 amide bonds. The number of ether oxygens (including phenoxy) is 13. The molecule has 0 aromatic heterocycles. The zero-order valence-corrected chi connectivity index (χ0v) is 43.3. The number of guanidine groups is 1. The van der Waals surface area contributed by atoms with Crippen LogP contribution in [0.2, 0.25) is 0 Å². The lowest BCUT2D eigenvalue weighted by Crippen LogP contribution is -2.28. The van der Waals surface area contributed by atoms with Crippen LogP contribution in [0, 0.1) is 11.6 Å². The van der Waals surface area contributed by atoms with Gasteiger partial charge < -0.3 is 78.4 Å². The third-order valence-corrected chi connectivity index (χ3v) is 10.7. The highest BCUT2D eigenvalue weighted by Crippen LogP contribution is 2.30. The molecule has 74 heavy (non-hydrogen) atoms. The second-order valence-electron chi connectivity index (χ2n) is 15.4. The summed E-state index contributed by atoms with van der Waals surface area (Å²) in [5.41, 5.74) is 10.4. The second kappa shape index (κ2) is 42.6. The van der Waals surface area contributed by atoms with E-state index in [1.54, 1.807) is 0 Å². The van der Waals surface area contributed by atoms with Gasteiger partial charge in [0.05, 0.1) is 163 Å². The third kappa shape index (κ3) is 34.8. The van der Waals surface area contributed by atoms with Gasteiger partial charge in [-0.15, -0.1) is 0 Å². The van der Waals surface area contributed by atoms with Gasteiger partial charge in [0.1, 0.15) is 11.5 Å². The molecular weight excluding hydrogens is 1000 g/mol. The second-order valence-corrected chi connectivity index (χ2v) is 17.1. The Morgan fingerprint density at radius 3 is 1.30 bits per heavy atom. The van der Waals surface area contributed by atoms with Crippen LogP contribution in [0.15, 0.2) is 51.9 Å². The largest absolute Gasteiger partial charge is 0.451 e. The number of amides is 2. The molecule has 420 valence electrons. The average molecular weight is 1080 g/mol. The van der Waals surface area contributed by atoms with E-state index in [1.165, 1.54) is 44.2 Å². The molecule has 0 bridgehead atoms. The molecule has 0 aliphatic rings. The molecule has 23 nitrogen and oxygen atoms in total. The zero-order chi connectivity index (χ0) is 53.9. The van der Waals surface area contributed by atoms with Gasteiger partial charge in [0, 0.05) is 31.5 Å². The number of halogens is 2. The summed E-state index contributed by atoms with van der Waals surface area (Å²) in [6, 6.07) is 6.81. The Morgan fingerprint density at radius 1 is 0.541 bits per heavy atom. The molecule has 2 aromatic carbocycles. The van der Waals surface area contributed by atoms with Crippen LogP contribution in [-0.4, -0.2) is 204 Å². The highest BCUT2D eigenvalue weighted by molar-refractivity contribution is 7.89. The van der Waals surface area contributed by atoms with E-state index in [1.807, 2.05) is 0 Å². The maximum atomic E-state index is 14.7. The molecule has 0 fully saturated rings. The number of benzene rings is 2. The smallest absolute Gasteiger partial charge is 0.275 e. The number of carbonyl (C=O) groups excluding carboxylic acids is 3. The number of rotatable bonds is 48. The molecule has 0 atom stereocenters. The monoisotopic (exact) mass is 1080 g/mol. The average Bonchev–Trinajstić information content (AvgIpc) is 3.35. The van der Waals surface area contributed by atoms with E-state index in [4.69, 9.17) is 73.0 Å². The number of nitrogens with zero attached hydrogens (tertiary/aromatic N) is 1. The Balaban J connectivity index is 1.32. The molecule has 6 N–H and O–H groups in total. The Labute approximate surface area is 432 Å². The minimum Gasteiger partial charge on any atom is -0.451 e. The summed E-state index contributed by atoms with van der Waals surface area (Å²) in [5, 5.41) is 2.75. The van der Waals surface area contributed by atoms with Gasteiger partial charge in [-0.3, -0.25) is 14.4 Å². The maximum Gasteiger partial charge on any atom is 0.275 e. The number of ketones is 1. The lowest BCUT2D eigenvalue weighted by atomic mass is 10.1. The zero-order valence-electron chi connectivity index (χ0n) is 42.5. The number of Topliss-reactive ketones (excluding diaryl/α,β-unsaturated/α-hetero) is 1. The van der Waals surface area contributed by atoms with Crippen molar-refractivity contribution in [1.29, 1.82) is 0 Å². The van der Waals surface area contributed by atoms with Crippen LogP contribution in [0.5, 0.6) is 11.5 Å². The first-order valence-corrected chi connectivity index (χ1v) is 25.5. The van der Waals surface area contributed by atoms with E-state index >= 15 is 0 Å². The highest BCUT2D eigenvalue weighted by Gasteiger charge is 2.17. The molecule has 26 heteroatoms. The van der Waals surface area contributed by atoms with Gasteiger partial charge in [0.15, 0.2) is 23.3 Å². The number of hydrogen-bond donors (Lipinski definition) is 4. The molecule has 0 unspecified atom stereocenters. The van der Waals surface area contributed by atoms with Crippen molar-refractivity contribution in [1.82, 2.24) is 10.0 Å². The first kappa shape index (κ1) is 65.5. The number of nitrogens with two attached hydrogens (primary N) is 2. The summed E-state index contributed by atoms with van der Waals surface area (Å²) in [7, 11) is -3.93. The van der Waals surface area contributed by atoms with Gasteiger partial charge >= 0.3 is 0 Å². The van der Waals surface area contributed by atoms with Crippen LogP contribution in [0.4, 0.5) is 8.78 Å². The minimum atomic E-state index is -3.93. The van der Waals surface area contributed by atoms with E-state index in [0.29, 0.717) is 145 Å². The molecule has 0 heterocycles. The fourth-order valence-corrected chi connectivity index (χ4v) is 6.56. The molecule has 2 aromatic rings. The van der Waals surface area contributed by atoms with Crippen molar-refractivity contribution in [2.75, 3.05) is 172 Å². The maximum absolute atomic E-state index is 14.7. The van der Waals surface area contributed by atoms with Crippen LogP contribution < -0.4 is 26.2 Å². The summed E-state index contributed by atoms with van der Waals surface area (Å²) in [4.78, 5) is 38.0. The van der Waals surface area contributed by atoms with E-state index < -0.39 is 39.3 Å². The number of nitrogens with one attached hydrogen (secondary N) is 2. The molecular formula is C48H75F2N5O18S. The molecule has 0 radical (unpaired) electrons. The molecule has 0 aliphatic carbocycles. The molecule has 0 aliphatic heterocycles. The number of aliphatic imine (C=N–C) groups is 1. The summed E-state index contributed by atoms with van der Waals surface area (Å²) in [5.74, 6) is -4.17. The fraction of sp³-hybridized carbons (Fsp3) is 0.625. The van der Waals surface area contributed by atoms with Crippen LogP contribution in [0.25, 0.3) is 6.08 Å². The van der Waals surface area contributed by atoms with E-state index in [0.717, 1.165) is 12.1 Å². The Kier molecular flexibility index (Phi) is 37.7. The Hall–Kier alpha value is -4.65. The van der Waals surface area contributed by atoms with Gasteiger partial charge in [-0.2, -0.15) is 4.99 Å². The fourth-order valence-electron chi connectivity index (χ4n) is 5.55. The number of sulfonamides is 1. The van der Waals surface area contributed by atoms with Crippen molar-refractivity contribution in [3.05, 3.63) is 59.2 Å². The topological polar surface area (TPSA) is 294 Å². The van der Waals surface area contributed by atoms with E-state index in [9.17, 15) is 31.6 Å². The van der Waals surface area contributed by atoms with E-state index in [-0.39, 0.29) is 72.9 Å². The van der Waals surface area contributed by atoms with Crippen molar-refractivity contribution in [2.45, 2.75) is 31.6 Å². The number of hydrogen-bond acceptors (Lipinski definition) is 18. The molecule has 0 spiro atoms. The highest BCUT2D eigenvalue weighted by atomic mass is 32.2. The van der Waals surface area contributed by atoms with Crippen LogP contribution in [0.3, 0.4) is 0 Å². The van der Waals surface area contributed by atoms with Gasteiger partial charge in [0.2, 0.25) is 15.9 Å². The van der Waals surface area contributed by atoms with Crippen molar-refractivity contribution in [2.24, 2.45) is 16.5 Å². The predicted molar refractivity (Wildman–Crippen MR) is 265 cm³/mol. The van der Waals surface area contributed by atoms with Crippen molar-refractivity contribution in [3.8, 4) is 11.5 Å². The summed E-state index contributed by atoms with van der Waals surface area (Å²) >= 11 is 0. The van der Waals surface area contributed by atoms with Gasteiger partial charge in [-0.25, -0.2) is 21.9 Å². The summed E-state index contributed by atoms with van der Waals surface area (Å²) in [6.07, 6.45) is 1.82. The lowest BCUT2D eigenvalue weighted by molar-refractivity contribution is -0.122. The van der Waals surface area contributed by atoms with Gasteiger partial charge in [-0.05, 0) is 61.9 Å². The van der Waals surface area contributed by atoms with Crippen molar-refractivity contribution in [3.63, 3.8) is 0 Å². The SMILES string of the molecule is CC(=O)CCOCCOCCOCCOCCOCCOCCOCCOCCOCCC(=O)NCCOCCOCCOCCNS(=O)(=O)c1ccc(Oc2c(F)cc(/C=C(\C)C(=O)N=C(N)N)cc2F)cc1. The lowest BCUT2D eigenvalue weighted by Gasteiger charge is -2.11. The quantitative estimate of drug-likeness (QED) is 0.0319. The number of carbonyl (C=O) groups is 3. The normalized spacial score (nSPS) is 11.8. The van der Waals surface area contributed by atoms with Crippen LogP contribution in [-0.2, 0) is 81.2 Å². The first-order chi connectivity index (χ1) is 35.8. The van der Waals surface area contributed by atoms with Crippen molar-refractivity contribution < 1.29 is 93.2 Å². The predicted octanol–water partition coefficient (Wildman–Crippen LogP) is 1.92. The molecule has 0 saturated heterocycles. The Bertz CT molecular complexity index is 1990. The third-order valence-electron chi connectivity index (χ3n) is 9.22. The first-order valence-electron chi connectivity index (χ1n) is 24.1. The molecule has 2 rings (SSSR count).